The maximum Gasteiger partial charge on any atom is 0.331 e. The molecule has 0 saturated carbocycles. The van der Waals surface area contributed by atoms with Crippen LogP contribution in [0.15, 0.2) is 0 Å². The largest absolute Gasteiger partial charge is 0.422 e. The van der Waals surface area contributed by atoms with Crippen LogP contribution in [-0.4, -0.2) is 36.1 Å². The maximum absolute atomic E-state index is 12.3. The van der Waals surface area contributed by atoms with E-state index < -0.39 is 23.6 Å². The first-order valence-electron chi connectivity index (χ1n) is 6.53. The van der Waals surface area contributed by atoms with Crippen molar-refractivity contribution in [2.75, 3.05) is 6.54 Å². The quantitative estimate of drug-likeness (QED) is 0.577. The zero-order chi connectivity index (χ0) is 14.2. The van der Waals surface area contributed by atoms with Crippen LogP contribution >= 0.6 is 0 Å². The number of Topliss-reactive ketones (excluding diaryl/α,β-unsaturated/α-hetero) is 1. The van der Waals surface area contributed by atoms with Gasteiger partial charge in [-0.1, -0.05) is 0 Å². The number of cyclic esters (lactones) is 2. The lowest BCUT2D eigenvalue weighted by Crippen LogP contribution is -2.51. The van der Waals surface area contributed by atoms with Crippen LogP contribution in [0.3, 0.4) is 0 Å². The molecule has 6 nitrogen and oxygen atoms in total. The summed E-state index contributed by atoms with van der Waals surface area (Å²) in [6.07, 6.45) is 1.25. The lowest BCUT2D eigenvalue weighted by molar-refractivity contribution is -0.238. The van der Waals surface area contributed by atoms with Gasteiger partial charge in [-0.05, 0) is 26.3 Å². The van der Waals surface area contributed by atoms with Crippen LogP contribution in [0.5, 0.6) is 0 Å². The van der Waals surface area contributed by atoms with Gasteiger partial charge in [-0.25, -0.2) is 0 Å². The molecular formula is C13H19NO5. The van der Waals surface area contributed by atoms with Gasteiger partial charge < -0.3 is 14.8 Å². The molecule has 0 radical (unpaired) electrons. The number of carbonyl (C=O) groups excluding carboxylic acids is 3. The van der Waals surface area contributed by atoms with E-state index in [0.29, 0.717) is 19.4 Å². The summed E-state index contributed by atoms with van der Waals surface area (Å²) in [5, 5.41) is 3.22. The van der Waals surface area contributed by atoms with Gasteiger partial charge in [0.1, 0.15) is 0 Å². The molecule has 0 bridgehead atoms. The third-order valence-electron chi connectivity index (χ3n) is 3.47. The SMILES string of the molecule is C[C@H]1CC(C(=O)C2C(=O)OC(C)(C)OC2=O)CCN1. The Morgan fingerprint density at radius 1 is 1.26 bits per heavy atom. The van der Waals surface area contributed by atoms with E-state index in [2.05, 4.69) is 5.32 Å². The van der Waals surface area contributed by atoms with E-state index in [1.165, 1.54) is 13.8 Å². The first kappa shape index (κ1) is 14.0. The highest BCUT2D eigenvalue weighted by atomic mass is 16.7. The molecule has 0 aromatic rings. The van der Waals surface area contributed by atoms with Gasteiger partial charge in [-0.2, -0.15) is 0 Å². The normalized spacial score (nSPS) is 31.5. The van der Waals surface area contributed by atoms with Gasteiger partial charge in [0.15, 0.2) is 5.78 Å². The van der Waals surface area contributed by atoms with Crippen molar-refractivity contribution in [1.82, 2.24) is 5.32 Å². The van der Waals surface area contributed by atoms with Crippen molar-refractivity contribution in [2.24, 2.45) is 11.8 Å². The van der Waals surface area contributed by atoms with Crippen LogP contribution in [-0.2, 0) is 23.9 Å². The van der Waals surface area contributed by atoms with E-state index in [4.69, 9.17) is 9.47 Å². The van der Waals surface area contributed by atoms with E-state index in [0.717, 1.165) is 0 Å². The standard InChI is InChI=1S/C13H19NO5/c1-7-6-8(4-5-14-7)10(15)9-11(16)18-13(2,3)19-12(9)17/h7-9,14H,4-6H2,1-3H3/t7-,8?/m0/s1. The molecule has 2 saturated heterocycles. The van der Waals surface area contributed by atoms with Crippen molar-refractivity contribution in [3.8, 4) is 0 Å². The van der Waals surface area contributed by atoms with Gasteiger partial charge in [0.2, 0.25) is 5.92 Å². The molecule has 2 heterocycles. The number of hydrogen-bond acceptors (Lipinski definition) is 6. The Kier molecular flexibility index (Phi) is 3.62. The summed E-state index contributed by atoms with van der Waals surface area (Å²) in [7, 11) is 0. The average molecular weight is 269 g/mol. The molecule has 1 N–H and O–H groups in total. The highest BCUT2D eigenvalue weighted by Gasteiger charge is 2.49. The summed E-state index contributed by atoms with van der Waals surface area (Å²) in [6, 6.07) is 0.203. The Morgan fingerprint density at radius 2 is 1.84 bits per heavy atom. The fourth-order valence-electron chi connectivity index (χ4n) is 2.58. The van der Waals surface area contributed by atoms with Crippen molar-refractivity contribution < 1.29 is 23.9 Å². The van der Waals surface area contributed by atoms with Gasteiger partial charge in [0.05, 0.1) is 0 Å². The molecule has 2 atom stereocenters. The summed E-state index contributed by atoms with van der Waals surface area (Å²) < 4.78 is 9.95. The second-order valence-electron chi connectivity index (χ2n) is 5.65. The summed E-state index contributed by atoms with van der Waals surface area (Å²) in [4.78, 5) is 36.0. The van der Waals surface area contributed by atoms with Crippen LogP contribution in [0.4, 0.5) is 0 Å². The molecule has 2 rings (SSSR count). The summed E-state index contributed by atoms with van der Waals surface area (Å²) in [6.45, 7) is 5.62. The number of carbonyl (C=O) groups is 3. The summed E-state index contributed by atoms with van der Waals surface area (Å²) in [5.74, 6) is -4.95. The number of rotatable bonds is 2. The topological polar surface area (TPSA) is 81.7 Å². The zero-order valence-electron chi connectivity index (χ0n) is 11.4. The van der Waals surface area contributed by atoms with Crippen LogP contribution in [0.25, 0.3) is 0 Å². The molecule has 106 valence electrons. The van der Waals surface area contributed by atoms with Gasteiger partial charge in [-0.15, -0.1) is 0 Å². The van der Waals surface area contributed by atoms with Gasteiger partial charge >= 0.3 is 11.9 Å². The number of piperidine rings is 1. The molecule has 2 fully saturated rings. The van der Waals surface area contributed by atoms with Crippen molar-refractivity contribution in [1.29, 1.82) is 0 Å². The van der Waals surface area contributed by atoms with E-state index >= 15 is 0 Å². The predicted octanol–water partition coefficient (Wildman–Crippen LogP) is 0.396. The summed E-state index contributed by atoms with van der Waals surface area (Å²) >= 11 is 0. The molecule has 0 amide bonds. The van der Waals surface area contributed by atoms with Crippen molar-refractivity contribution >= 4 is 17.7 Å². The van der Waals surface area contributed by atoms with Gasteiger partial charge in [0.25, 0.3) is 5.79 Å². The molecule has 0 aliphatic carbocycles. The van der Waals surface area contributed by atoms with Crippen LogP contribution in [0.2, 0.25) is 0 Å². The fourth-order valence-corrected chi connectivity index (χ4v) is 2.58. The third kappa shape index (κ3) is 2.94. The maximum atomic E-state index is 12.3. The molecule has 0 aromatic heterocycles. The Labute approximate surface area is 111 Å². The molecule has 2 aliphatic rings. The molecular weight excluding hydrogens is 250 g/mol. The second kappa shape index (κ2) is 4.92. The number of ether oxygens (including phenoxy) is 2. The Hall–Kier alpha value is -1.43. The first-order chi connectivity index (χ1) is 8.80. The summed E-state index contributed by atoms with van der Waals surface area (Å²) in [5.41, 5.74) is 0. The van der Waals surface area contributed by atoms with Crippen molar-refractivity contribution in [3.05, 3.63) is 0 Å². The fraction of sp³-hybridized carbons (Fsp3) is 0.769. The van der Waals surface area contributed by atoms with E-state index in [-0.39, 0.29) is 17.7 Å². The van der Waals surface area contributed by atoms with E-state index in [1.54, 1.807) is 0 Å². The zero-order valence-corrected chi connectivity index (χ0v) is 11.4. The number of nitrogens with one attached hydrogen (secondary N) is 1. The lowest BCUT2D eigenvalue weighted by Gasteiger charge is -2.34. The van der Waals surface area contributed by atoms with Gasteiger partial charge in [0, 0.05) is 25.8 Å². The minimum atomic E-state index is -1.41. The minimum Gasteiger partial charge on any atom is -0.422 e. The highest BCUT2D eigenvalue weighted by Crippen LogP contribution is 2.28. The lowest BCUT2D eigenvalue weighted by atomic mass is 9.83. The van der Waals surface area contributed by atoms with E-state index in [9.17, 15) is 14.4 Å². The molecule has 1 unspecified atom stereocenters. The Bertz CT molecular complexity index is 397. The number of ketones is 1. The first-order valence-corrected chi connectivity index (χ1v) is 6.53. The van der Waals surface area contributed by atoms with Crippen LogP contribution < -0.4 is 5.32 Å². The second-order valence-corrected chi connectivity index (χ2v) is 5.65. The predicted molar refractivity (Wildman–Crippen MR) is 64.9 cm³/mol. The Morgan fingerprint density at radius 3 is 2.37 bits per heavy atom. The minimum absolute atomic E-state index is 0.203. The molecule has 6 heteroatoms. The monoisotopic (exact) mass is 269 g/mol. The highest BCUT2D eigenvalue weighted by molar-refractivity contribution is 6.16. The van der Waals surface area contributed by atoms with Crippen molar-refractivity contribution in [3.63, 3.8) is 0 Å². The van der Waals surface area contributed by atoms with Crippen molar-refractivity contribution in [2.45, 2.75) is 45.4 Å². The molecule has 2 aliphatic heterocycles. The average Bonchev–Trinajstić information content (AvgIpc) is 2.25. The van der Waals surface area contributed by atoms with E-state index in [1.807, 2.05) is 6.92 Å². The van der Waals surface area contributed by atoms with Crippen LogP contribution in [0, 0.1) is 11.8 Å². The smallest absolute Gasteiger partial charge is 0.331 e. The number of hydrogen-bond donors (Lipinski definition) is 1. The molecule has 19 heavy (non-hydrogen) atoms. The molecule has 0 spiro atoms. The Balaban J connectivity index is 2.10. The number of esters is 2. The molecule has 0 aromatic carbocycles. The van der Waals surface area contributed by atoms with Gasteiger partial charge in [-0.3, -0.25) is 14.4 Å². The third-order valence-corrected chi connectivity index (χ3v) is 3.47. The van der Waals surface area contributed by atoms with Crippen LogP contribution in [0.1, 0.15) is 33.6 Å².